The van der Waals surface area contributed by atoms with E-state index in [4.69, 9.17) is 4.99 Å². The zero-order valence-electron chi connectivity index (χ0n) is 23.6. The summed E-state index contributed by atoms with van der Waals surface area (Å²) in [4.78, 5) is 48.7. The molecule has 7 nitrogen and oxygen atoms in total. The zero-order valence-corrected chi connectivity index (χ0v) is 24.4. The van der Waals surface area contributed by atoms with Gasteiger partial charge in [-0.25, -0.2) is 4.99 Å². The second kappa shape index (κ2) is 10.9. The number of aromatic nitrogens is 1. The summed E-state index contributed by atoms with van der Waals surface area (Å²) >= 11 is 1.18. The fourth-order valence-electron chi connectivity index (χ4n) is 5.57. The summed E-state index contributed by atoms with van der Waals surface area (Å²) in [6.07, 6.45) is 1.67. The lowest BCUT2D eigenvalue weighted by molar-refractivity contribution is -0.114. The van der Waals surface area contributed by atoms with Gasteiger partial charge in [-0.15, -0.1) is 6.58 Å². The lowest BCUT2D eigenvalue weighted by Crippen LogP contribution is -2.41. The van der Waals surface area contributed by atoms with E-state index in [-0.39, 0.29) is 17.4 Å². The van der Waals surface area contributed by atoms with Crippen molar-refractivity contribution in [3.8, 4) is 0 Å². The Kier molecular flexibility index (Phi) is 7.08. The van der Waals surface area contributed by atoms with Crippen LogP contribution in [0, 0.1) is 0 Å². The predicted molar refractivity (Wildman–Crippen MR) is 167 cm³/mol. The topological polar surface area (TPSA) is 83.8 Å². The Hall–Kier alpha value is -4.82. The molecule has 0 saturated carbocycles. The van der Waals surface area contributed by atoms with Crippen LogP contribution >= 0.6 is 11.3 Å². The molecular formula is C34H30N4O3S. The maximum atomic E-state index is 14.4. The van der Waals surface area contributed by atoms with E-state index in [1.807, 2.05) is 78.9 Å². The minimum absolute atomic E-state index is 0.253. The second-order valence-corrected chi connectivity index (χ2v) is 11.6. The van der Waals surface area contributed by atoms with Gasteiger partial charge in [-0.1, -0.05) is 91.9 Å². The van der Waals surface area contributed by atoms with Gasteiger partial charge in [-0.2, -0.15) is 0 Å². The Morgan fingerprint density at radius 2 is 1.71 bits per heavy atom. The van der Waals surface area contributed by atoms with Crippen molar-refractivity contribution in [2.75, 3.05) is 16.8 Å². The molecule has 0 spiro atoms. The van der Waals surface area contributed by atoms with Crippen LogP contribution in [0.3, 0.4) is 0 Å². The first kappa shape index (κ1) is 27.4. The monoisotopic (exact) mass is 574 g/mol. The molecule has 4 aromatic rings. The van der Waals surface area contributed by atoms with Crippen molar-refractivity contribution in [3.63, 3.8) is 0 Å². The number of amides is 2. The molecule has 2 aliphatic rings. The van der Waals surface area contributed by atoms with Crippen molar-refractivity contribution in [1.29, 1.82) is 0 Å². The van der Waals surface area contributed by atoms with E-state index >= 15 is 0 Å². The summed E-state index contributed by atoms with van der Waals surface area (Å²) in [7, 11) is 0. The molecule has 0 fully saturated rings. The average molecular weight is 575 g/mol. The number of hydrogen-bond acceptors (Lipinski definition) is 5. The van der Waals surface area contributed by atoms with Crippen LogP contribution in [-0.2, 0) is 9.59 Å². The number of rotatable bonds is 6. The number of carbonyl (C=O) groups is 2. The van der Waals surface area contributed by atoms with Crippen LogP contribution in [0.1, 0.15) is 49.4 Å². The molecule has 0 bridgehead atoms. The highest BCUT2D eigenvalue weighted by atomic mass is 32.1. The minimum Gasteiger partial charge on any atom is -0.322 e. The first-order valence-corrected chi connectivity index (χ1v) is 14.6. The molecule has 0 saturated heterocycles. The van der Waals surface area contributed by atoms with Gasteiger partial charge in [-0.05, 0) is 42.2 Å². The SMILES string of the molecule is C=CCN1C(=O)/C(=c2/sc3n(c2=O)[C@H](c2ccc(C(C)C)cc2)C(C(=O)Nc2ccccc2)=C(C)N=3)c2ccccc21. The Bertz CT molecular complexity index is 1950. The van der Waals surface area contributed by atoms with Crippen LogP contribution < -0.4 is 25.1 Å². The molecule has 0 aliphatic carbocycles. The van der Waals surface area contributed by atoms with Crippen LogP contribution in [0.5, 0.6) is 0 Å². The van der Waals surface area contributed by atoms with E-state index in [2.05, 4.69) is 25.7 Å². The highest BCUT2D eigenvalue weighted by Gasteiger charge is 2.36. The molecule has 8 heteroatoms. The lowest BCUT2D eigenvalue weighted by atomic mass is 9.93. The third-order valence-corrected chi connectivity index (χ3v) is 8.71. The number of carbonyl (C=O) groups excluding carboxylic acids is 2. The molecule has 2 aliphatic heterocycles. The maximum absolute atomic E-state index is 14.4. The highest BCUT2D eigenvalue weighted by molar-refractivity contribution is 7.07. The van der Waals surface area contributed by atoms with Gasteiger partial charge in [0.15, 0.2) is 4.80 Å². The molecule has 210 valence electrons. The summed E-state index contributed by atoms with van der Waals surface area (Å²) < 4.78 is 1.87. The Morgan fingerprint density at radius 1 is 1.02 bits per heavy atom. The van der Waals surface area contributed by atoms with Crippen LogP contribution in [0.4, 0.5) is 11.4 Å². The van der Waals surface area contributed by atoms with Crippen molar-refractivity contribution < 1.29 is 9.59 Å². The van der Waals surface area contributed by atoms with Crippen LogP contribution in [0.15, 0.2) is 113 Å². The summed E-state index contributed by atoms with van der Waals surface area (Å²) in [5.74, 6) is -0.261. The van der Waals surface area contributed by atoms with Crippen molar-refractivity contribution in [2.45, 2.75) is 32.7 Å². The fourth-order valence-corrected chi connectivity index (χ4v) is 6.71. The van der Waals surface area contributed by atoms with Crippen molar-refractivity contribution in [2.24, 2.45) is 4.99 Å². The summed E-state index contributed by atoms with van der Waals surface area (Å²) in [6.45, 7) is 10.2. The average Bonchev–Trinajstić information content (AvgIpc) is 3.45. The van der Waals surface area contributed by atoms with Gasteiger partial charge in [0, 0.05) is 17.8 Å². The van der Waals surface area contributed by atoms with Crippen LogP contribution in [0.25, 0.3) is 5.57 Å². The van der Waals surface area contributed by atoms with Crippen LogP contribution in [0.2, 0.25) is 0 Å². The Labute approximate surface area is 247 Å². The molecule has 0 unspecified atom stereocenters. The Morgan fingerprint density at radius 3 is 2.40 bits per heavy atom. The van der Waals surface area contributed by atoms with Gasteiger partial charge < -0.3 is 10.2 Å². The van der Waals surface area contributed by atoms with E-state index in [0.717, 1.165) is 16.8 Å². The molecule has 1 aromatic heterocycles. The predicted octanol–water partition coefficient (Wildman–Crippen LogP) is 4.90. The molecule has 1 N–H and O–H groups in total. The standard InChI is InChI=1S/C34H30N4O3S/c1-5-19-37-26-14-10-9-13-25(26)28(32(37)40)30-33(41)38-29(23-17-15-22(16-18-23)20(2)3)27(21(4)35-34(38)42-30)31(39)36-24-11-7-6-8-12-24/h5-18,20,29H,1,19H2,2-4H3,(H,36,39)/b30-28+/t29-/m1/s1. The minimum atomic E-state index is -0.725. The maximum Gasteiger partial charge on any atom is 0.271 e. The summed E-state index contributed by atoms with van der Waals surface area (Å²) in [5, 5.41) is 2.98. The molecule has 1 atom stereocenters. The number of thiazole rings is 1. The molecule has 3 heterocycles. The van der Waals surface area contributed by atoms with Gasteiger partial charge >= 0.3 is 0 Å². The number of nitrogens with one attached hydrogen (secondary N) is 1. The summed E-state index contributed by atoms with van der Waals surface area (Å²) in [6, 6.07) is 23.9. The molecule has 3 aromatic carbocycles. The molecule has 0 radical (unpaired) electrons. The van der Waals surface area contributed by atoms with Crippen molar-refractivity contribution >= 4 is 40.1 Å². The lowest BCUT2D eigenvalue weighted by Gasteiger charge is -2.25. The zero-order chi connectivity index (χ0) is 29.5. The van der Waals surface area contributed by atoms with Gasteiger partial charge in [0.1, 0.15) is 4.53 Å². The number of anilines is 2. The van der Waals surface area contributed by atoms with E-state index in [0.29, 0.717) is 49.9 Å². The fraction of sp³-hybridized carbons (Fsp3) is 0.176. The van der Waals surface area contributed by atoms with E-state index in [1.165, 1.54) is 11.3 Å². The normalized spacial score (nSPS) is 17.2. The van der Waals surface area contributed by atoms with Crippen molar-refractivity contribution in [1.82, 2.24) is 4.57 Å². The first-order valence-electron chi connectivity index (χ1n) is 13.8. The number of nitrogens with zero attached hydrogens (tertiary/aromatic N) is 3. The van der Waals surface area contributed by atoms with Gasteiger partial charge in [0.05, 0.1) is 28.6 Å². The van der Waals surface area contributed by atoms with Gasteiger partial charge in [0.25, 0.3) is 17.4 Å². The van der Waals surface area contributed by atoms with Crippen molar-refractivity contribution in [3.05, 3.63) is 139 Å². The highest BCUT2D eigenvalue weighted by Crippen LogP contribution is 2.36. The largest absolute Gasteiger partial charge is 0.322 e. The first-order chi connectivity index (χ1) is 20.3. The van der Waals surface area contributed by atoms with Gasteiger partial charge in [0.2, 0.25) is 0 Å². The smallest absolute Gasteiger partial charge is 0.271 e. The number of para-hydroxylation sites is 2. The number of hydrogen-bond donors (Lipinski definition) is 1. The molecule has 2 amide bonds. The van der Waals surface area contributed by atoms with E-state index in [9.17, 15) is 14.4 Å². The number of benzene rings is 3. The number of allylic oxidation sites excluding steroid dienone is 1. The molecular weight excluding hydrogens is 544 g/mol. The van der Waals surface area contributed by atoms with E-state index < -0.39 is 6.04 Å². The molecule has 6 rings (SSSR count). The van der Waals surface area contributed by atoms with Gasteiger partial charge in [-0.3, -0.25) is 19.0 Å². The number of fused-ring (bicyclic) bond motifs is 2. The summed E-state index contributed by atoms with van der Waals surface area (Å²) in [5.41, 5.74) is 4.92. The Balaban J connectivity index is 1.58. The third kappa shape index (κ3) is 4.54. The quantitative estimate of drug-likeness (QED) is 0.333. The third-order valence-electron chi connectivity index (χ3n) is 7.65. The van der Waals surface area contributed by atoms with Crippen LogP contribution in [-0.4, -0.2) is 22.9 Å². The van der Waals surface area contributed by atoms with E-state index in [1.54, 1.807) is 22.5 Å². The second-order valence-electron chi connectivity index (χ2n) is 10.6. The molecule has 42 heavy (non-hydrogen) atoms.